The van der Waals surface area contributed by atoms with E-state index >= 15 is 0 Å². The molecule has 1 saturated heterocycles. The molecular weight excluding hydrogens is 576 g/mol. The summed E-state index contributed by atoms with van der Waals surface area (Å²) in [5, 5.41) is 10.5. The Kier molecular flexibility index (Phi) is 13.7. The highest BCUT2D eigenvalue weighted by Gasteiger charge is 2.49. The summed E-state index contributed by atoms with van der Waals surface area (Å²) in [6, 6.07) is -1.67. The molecule has 2 heterocycles. The summed E-state index contributed by atoms with van der Waals surface area (Å²) < 4.78 is 5.26. The average Bonchev–Trinajstić information content (AvgIpc) is 3.50. The minimum Gasteiger partial charge on any atom is -0.361 e. The number of aromatic nitrogens is 1. The lowest BCUT2D eigenvalue weighted by atomic mass is 9.94. The average molecular weight is 623 g/mol. The Morgan fingerprint density at radius 2 is 1.51 bits per heavy atom. The summed E-state index contributed by atoms with van der Waals surface area (Å²) in [5.41, 5.74) is -0.884. The molecule has 2 rings (SSSR count). The minimum absolute atomic E-state index is 0.0377. The zero-order valence-electron chi connectivity index (χ0n) is 26.2. The maximum absolute atomic E-state index is 12.9. The van der Waals surface area contributed by atoms with Gasteiger partial charge in [0.05, 0.1) is 31.9 Å². The SMILES string of the molecule is CCN(CC)C(=O)c1ncc(C(=O)NCC(=O)NC(CC(C)C)C(=O)NCC(=O)NC(CCC(C)C)C(=O)C2(C)CO2)s1. The van der Waals surface area contributed by atoms with Gasteiger partial charge in [-0.2, -0.15) is 0 Å². The van der Waals surface area contributed by atoms with Gasteiger partial charge in [0.1, 0.15) is 16.5 Å². The summed E-state index contributed by atoms with van der Waals surface area (Å²) in [6.07, 6.45) is 2.77. The normalized spacial score (nSPS) is 17.1. The number of Topliss-reactive ketones (excluding diaryl/α,β-unsaturated/α-hetero) is 1. The number of thiazole rings is 1. The van der Waals surface area contributed by atoms with Crippen molar-refractivity contribution >= 4 is 46.7 Å². The van der Waals surface area contributed by atoms with Gasteiger partial charge in [-0.3, -0.25) is 28.8 Å². The monoisotopic (exact) mass is 622 g/mol. The van der Waals surface area contributed by atoms with E-state index in [9.17, 15) is 28.8 Å². The first-order chi connectivity index (χ1) is 20.2. The van der Waals surface area contributed by atoms with Crippen molar-refractivity contribution in [2.75, 3.05) is 32.8 Å². The van der Waals surface area contributed by atoms with E-state index in [4.69, 9.17) is 4.74 Å². The number of carbonyl (C=O) groups excluding carboxylic acids is 6. The summed E-state index contributed by atoms with van der Waals surface area (Å²) in [5.74, 6) is -2.34. The molecule has 0 aromatic carbocycles. The molecule has 3 unspecified atom stereocenters. The van der Waals surface area contributed by atoms with Gasteiger partial charge in [-0.05, 0) is 51.9 Å². The Balaban J connectivity index is 1.90. The fraction of sp³-hybridized carbons (Fsp3) is 0.690. The fourth-order valence-electron chi connectivity index (χ4n) is 4.24. The van der Waals surface area contributed by atoms with Crippen LogP contribution in [0.5, 0.6) is 0 Å². The highest BCUT2D eigenvalue weighted by Crippen LogP contribution is 2.29. The van der Waals surface area contributed by atoms with Gasteiger partial charge < -0.3 is 30.9 Å². The number of hydrogen-bond acceptors (Lipinski definition) is 9. The lowest BCUT2D eigenvalue weighted by Crippen LogP contribution is -2.53. The van der Waals surface area contributed by atoms with Crippen molar-refractivity contribution in [2.45, 2.75) is 85.4 Å². The van der Waals surface area contributed by atoms with Crippen LogP contribution in [0.25, 0.3) is 0 Å². The van der Waals surface area contributed by atoms with E-state index in [1.807, 2.05) is 41.5 Å². The minimum atomic E-state index is -0.948. The van der Waals surface area contributed by atoms with Gasteiger partial charge in [-0.25, -0.2) is 4.98 Å². The van der Waals surface area contributed by atoms with Crippen LogP contribution in [0.1, 0.15) is 87.2 Å². The van der Waals surface area contributed by atoms with Crippen molar-refractivity contribution in [1.29, 1.82) is 0 Å². The molecule has 4 N–H and O–H groups in total. The first kappa shape index (κ1) is 35.8. The molecular formula is C29H46N6O7S. The van der Waals surface area contributed by atoms with Crippen molar-refractivity contribution < 1.29 is 33.5 Å². The molecule has 0 bridgehead atoms. The topological polar surface area (TPSA) is 179 Å². The van der Waals surface area contributed by atoms with Crippen molar-refractivity contribution in [3.8, 4) is 0 Å². The van der Waals surface area contributed by atoms with Crippen LogP contribution in [0.4, 0.5) is 0 Å². The quantitative estimate of drug-likeness (QED) is 0.177. The number of ketones is 1. The number of amides is 5. The van der Waals surface area contributed by atoms with Crippen LogP contribution in [-0.4, -0.2) is 95.7 Å². The third kappa shape index (κ3) is 11.3. The molecule has 3 atom stereocenters. The molecule has 1 aliphatic rings. The second-order valence-electron chi connectivity index (χ2n) is 11.6. The maximum Gasteiger partial charge on any atom is 0.282 e. The third-order valence-electron chi connectivity index (χ3n) is 6.94. The summed E-state index contributed by atoms with van der Waals surface area (Å²) >= 11 is 0.935. The molecule has 1 fully saturated rings. The lowest BCUT2D eigenvalue weighted by molar-refractivity contribution is -0.132. The fourth-order valence-corrected chi connectivity index (χ4v) is 5.04. The van der Waals surface area contributed by atoms with Crippen molar-refractivity contribution in [1.82, 2.24) is 31.2 Å². The van der Waals surface area contributed by atoms with E-state index in [0.29, 0.717) is 38.5 Å². The Morgan fingerprint density at radius 3 is 2.05 bits per heavy atom. The molecule has 0 spiro atoms. The molecule has 5 amide bonds. The number of ether oxygens (including phenoxy) is 1. The number of epoxide rings is 1. The van der Waals surface area contributed by atoms with Gasteiger partial charge in [0, 0.05) is 13.1 Å². The van der Waals surface area contributed by atoms with Crippen LogP contribution in [0.3, 0.4) is 0 Å². The van der Waals surface area contributed by atoms with Crippen LogP contribution >= 0.6 is 11.3 Å². The first-order valence-electron chi connectivity index (χ1n) is 14.8. The molecule has 13 nitrogen and oxygen atoms in total. The molecule has 1 aromatic heterocycles. The Labute approximate surface area is 257 Å². The second-order valence-corrected chi connectivity index (χ2v) is 12.7. The van der Waals surface area contributed by atoms with Gasteiger partial charge >= 0.3 is 0 Å². The molecule has 0 saturated carbocycles. The standard InChI is InChI=1S/C29H46N6O7S/c1-8-35(9-2)28(41)27-32-13-21(43-27)26(40)31-15-23(37)34-20(12-18(5)6)25(39)30-14-22(36)33-19(11-10-17(3)4)24(38)29(7)16-42-29/h13,17-20H,8-12,14-16H2,1-7H3,(H,30,39)(H,31,40)(H,33,36)(H,34,37). The maximum atomic E-state index is 12.9. The summed E-state index contributed by atoms with van der Waals surface area (Å²) in [7, 11) is 0. The Morgan fingerprint density at radius 1 is 0.930 bits per heavy atom. The summed E-state index contributed by atoms with van der Waals surface area (Å²) in [4.78, 5) is 81.9. The zero-order valence-corrected chi connectivity index (χ0v) is 27.0. The van der Waals surface area contributed by atoms with E-state index < -0.39 is 47.9 Å². The van der Waals surface area contributed by atoms with Gasteiger partial charge in [0.15, 0.2) is 10.8 Å². The number of carbonyl (C=O) groups is 6. The molecule has 14 heteroatoms. The molecule has 0 aliphatic carbocycles. The van der Waals surface area contributed by atoms with Crippen LogP contribution in [0, 0.1) is 11.8 Å². The van der Waals surface area contributed by atoms with E-state index in [0.717, 1.165) is 17.8 Å². The van der Waals surface area contributed by atoms with E-state index in [-0.39, 0.29) is 34.0 Å². The number of rotatable bonds is 18. The second kappa shape index (κ2) is 16.5. The van der Waals surface area contributed by atoms with Crippen LogP contribution in [-0.2, 0) is 23.9 Å². The third-order valence-corrected chi connectivity index (χ3v) is 7.92. The Hall–Kier alpha value is -3.39. The smallest absolute Gasteiger partial charge is 0.282 e. The number of hydrogen-bond donors (Lipinski definition) is 4. The largest absolute Gasteiger partial charge is 0.361 e. The summed E-state index contributed by atoms with van der Waals surface area (Å²) in [6.45, 7) is 13.8. The highest BCUT2D eigenvalue weighted by molar-refractivity contribution is 7.15. The highest BCUT2D eigenvalue weighted by atomic mass is 32.1. The lowest BCUT2D eigenvalue weighted by Gasteiger charge is -2.22. The van der Waals surface area contributed by atoms with Gasteiger partial charge in [0.25, 0.3) is 11.8 Å². The van der Waals surface area contributed by atoms with E-state index in [1.54, 1.807) is 11.8 Å². The first-order valence-corrected chi connectivity index (χ1v) is 15.6. The predicted octanol–water partition coefficient (Wildman–Crippen LogP) is 1.28. The van der Waals surface area contributed by atoms with Crippen molar-refractivity contribution in [3.63, 3.8) is 0 Å². The number of nitrogens with zero attached hydrogens (tertiary/aromatic N) is 2. The zero-order chi connectivity index (χ0) is 32.3. The van der Waals surface area contributed by atoms with Crippen molar-refractivity contribution in [2.24, 2.45) is 11.8 Å². The molecule has 43 heavy (non-hydrogen) atoms. The van der Waals surface area contributed by atoms with Gasteiger partial charge in [0.2, 0.25) is 17.7 Å². The van der Waals surface area contributed by atoms with Crippen LogP contribution < -0.4 is 21.3 Å². The van der Waals surface area contributed by atoms with Crippen LogP contribution in [0.2, 0.25) is 0 Å². The molecule has 240 valence electrons. The molecule has 1 aromatic rings. The van der Waals surface area contributed by atoms with Gasteiger partial charge in [-0.15, -0.1) is 11.3 Å². The predicted molar refractivity (Wildman–Crippen MR) is 161 cm³/mol. The van der Waals surface area contributed by atoms with Gasteiger partial charge in [-0.1, -0.05) is 27.7 Å². The molecule has 0 radical (unpaired) electrons. The van der Waals surface area contributed by atoms with Crippen molar-refractivity contribution in [3.05, 3.63) is 16.1 Å². The van der Waals surface area contributed by atoms with E-state index in [2.05, 4.69) is 26.3 Å². The van der Waals surface area contributed by atoms with Crippen LogP contribution in [0.15, 0.2) is 6.20 Å². The number of nitrogens with one attached hydrogen (secondary N) is 4. The van der Waals surface area contributed by atoms with E-state index in [1.165, 1.54) is 6.20 Å². The Bertz CT molecular complexity index is 1160. The molecule has 1 aliphatic heterocycles.